The van der Waals surface area contributed by atoms with Gasteiger partial charge in [0.25, 0.3) is 0 Å². The van der Waals surface area contributed by atoms with Gasteiger partial charge in [-0.1, -0.05) is 24.3 Å². The Morgan fingerprint density at radius 2 is 0.812 bits per heavy atom. The zero-order valence-electron chi connectivity index (χ0n) is 11.5. The topological polar surface area (TPSA) is 40.5 Å². The number of phenols is 2. The molecule has 0 spiro atoms. The van der Waals surface area contributed by atoms with E-state index in [4.69, 9.17) is 10.2 Å². The number of aromatic hydroxyl groups is 2. The van der Waals surface area contributed by atoms with Crippen molar-refractivity contribution in [3.63, 3.8) is 0 Å². The predicted octanol–water partition coefficient (Wildman–Crippen LogP) is -3.00. The van der Waals surface area contributed by atoms with Gasteiger partial charge in [-0.2, -0.15) is 0 Å². The van der Waals surface area contributed by atoms with E-state index >= 15 is 0 Å². The van der Waals surface area contributed by atoms with Gasteiger partial charge in [-0.3, -0.25) is 0 Å². The van der Waals surface area contributed by atoms with Crippen LogP contribution in [0.5, 0.6) is 11.5 Å². The van der Waals surface area contributed by atoms with Crippen molar-refractivity contribution in [1.29, 1.82) is 0 Å². The number of phenolic OH excluding ortho intramolecular Hbond substituents is 2. The van der Waals surface area contributed by atoms with Crippen molar-refractivity contribution >= 4 is 0 Å². The second kappa shape index (κ2) is 6.74. The second-order valence-corrected chi connectivity index (χ2v) is 3.09. The zero-order valence-corrected chi connectivity index (χ0v) is 9.51. The Labute approximate surface area is 122 Å². The Kier molecular flexibility index (Phi) is 6.42. The summed E-state index contributed by atoms with van der Waals surface area (Å²) in [4.78, 5) is 0. The third-order valence-electron chi connectivity index (χ3n) is 2.07. The minimum Gasteiger partial charge on any atom is -1.00 e. The summed E-state index contributed by atoms with van der Waals surface area (Å²) in [5.74, 6) is 0.514. The van der Waals surface area contributed by atoms with Crippen LogP contribution >= 0.6 is 0 Å². The van der Waals surface area contributed by atoms with Gasteiger partial charge in [-0.15, -0.1) is 0 Å². The Morgan fingerprint density at radius 1 is 0.562 bits per heavy atom. The van der Waals surface area contributed by atoms with Crippen LogP contribution in [0.3, 0.4) is 0 Å². The molecular formula is C12H12Li2O2. The van der Waals surface area contributed by atoms with Crippen LogP contribution in [0.1, 0.15) is 2.85 Å². The maximum Gasteiger partial charge on any atom is 1.00 e. The van der Waals surface area contributed by atoms with Crippen molar-refractivity contribution in [2.24, 2.45) is 0 Å². The first-order valence-electron chi connectivity index (χ1n) is 4.34. The average Bonchev–Trinajstić information content (AvgIpc) is 2.21. The van der Waals surface area contributed by atoms with Gasteiger partial charge in [0.05, 0.1) is 0 Å². The van der Waals surface area contributed by atoms with Gasteiger partial charge in [0.15, 0.2) is 0 Å². The quantitative estimate of drug-likeness (QED) is 0.484. The third kappa shape index (κ3) is 3.67. The SMILES string of the molecule is Oc1ccc(-c2ccc(O)cc2)cc1.[H-].[H-].[Li+].[Li+]. The van der Waals surface area contributed by atoms with Crippen molar-refractivity contribution < 1.29 is 50.8 Å². The van der Waals surface area contributed by atoms with Crippen molar-refractivity contribution in [3.8, 4) is 22.6 Å². The van der Waals surface area contributed by atoms with Gasteiger partial charge in [-0.05, 0) is 35.4 Å². The maximum atomic E-state index is 9.11. The zero-order chi connectivity index (χ0) is 9.97. The molecule has 16 heavy (non-hydrogen) atoms. The van der Waals surface area contributed by atoms with Crippen LogP contribution in [-0.4, -0.2) is 10.2 Å². The first kappa shape index (κ1) is 15.2. The van der Waals surface area contributed by atoms with E-state index in [1.165, 1.54) is 0 Å². The van der Waals surface area contributed by atoms with E-state index in [2.05, 4.69) is 0 Å². The minimum atomic E-state index is 0. The second-order valence-electron chi connectivity index (χ2n) is 3.09. The number of hydrogen-bond acceptors (Lipinski definition) is 2. The Balaban J connectivity index is -0.000000562. The Morgan fingerprint density at radius 3 is 1.06 bits per heavy atom. The van der Waals surface area contributed by atoms with Gasteiger partial charge in [0.1, 0.15) is 11.5 Å². The van der Waals surface area contributed by atoms with E-state index in [0.717, 1.165) is 11.1 Å². The summed E-state index contributed by atoms with van der Waals surface area (Å²) in [5.41, 5.74) is 2.03. The Bertz CT molecular complexity index is 389. The standard InChI is InChI=1S/C12H10O2.2Li.2H/c13-11-5-1-9(2-6-11)10-3-7-12(14)8-4-10;;;;/h1-8,13-14H;;;;/q;2*+1;2*-1. The third-order valence-corrected chi connectivity index (χ3v) is 2.07. The number of rotatable bonds is 1. The van der Waals surface area contributed by atoms with E-state index in [-0.39, 0.29) is 52.1 Å². The van der Waals surface area contributed by atoms with Crippen LogP contribution in [0.2, 0.25) is 0 Å². The molecule has 0 aliphatic carbocycles. The van der Waals surface area contributed by atoms with Gasteiger partial charge in [0.2, 0.25) is 0 Å². The van der Waals surface area contributed by atoms with Crippen LogP contribution in [0.15, 0.2) is 48.5 Å². The van der Waals surface area contributed by atoms with Crippen LogP contribution in [0.25, 0.3) is 11.1 Å². The number of hydrogen-bond donors (Lipinski definition) is 2. The maximum absolute atomic E-state index is 9.11. The molecule has 0 aliphatic heterocycles. The van der Waals surface area contributed by atoms with Crippen molar-refractivity contribution in [3.05, 3.63) is 48.5 Å². The van der Waals surface area contributed by atoms with Crippen LogP contribution in [0, 0.1) is 0 Å². The van der Waals surface area contributed by atoms with E-state index in [0.29, 0.717) is 0 Å². The molecule has 2 aromatic carbocycles. The molecule has 2 N–H and O–H groups in total. The van der Waals surface area contributed by atoms with Gasteiger partial charge in [0, 0.05) is 0 Å². The summed E-state index contributed by atoms with van der Waals surface area (Å²) < 4.78 is 0. The molecular weight excluding hydrogens is 190 g/mol. The van der Waals surface area contributed by atoms with Gasteiger partial charge >= 0.3 is 37.7 Å². The molecule has 2 aromatic rings. The molecule has 0 aliphatic rings. The van der Waals surface area contributed by atoms with Crippen LogP contribution in [0.4, 0.5) is 0 Å². The van der Waals surface area contributed by atoms with Crippen LogP contribution in [-0.2, 0) is 0 Å². The molecule has 0 heterocycles. The van der Waals surface area contributed by atoms with Crippen molar-refractivity contribution in [2.45, 2.75) is 0 Å². The molecule has 0 bridgehead atoms. The summed E-state index contributed by atoms with van der Waals surface area (Å²) in [5, 5.41) is 18.2. The fraction of sp³-hybridized carbons (Fsp3) is 0. The van der Waals surface area contributed by atoms with Gasteiger partial charge < -0.3 is 13.1 Å². The van der Waals surface area contributed by atoms with E-state index in [1.54, 1.807) is 24.3 Å². The first-order chi connectivity index (χ1) is 6.75. The van der Waals surface area contributed by atoms with Crippen molar-refractivity contribution in [1.82, 2.24) is 0 Å². The molecule has 0 radical (unpaired) electrons. The Hall–Kier alpha value is -0.765. The molecule has 0 aromatic heterocycles. The van der Waals surface area contributed by atoms with Crippen LogP contribution < -0.4 is 37.7 Å². The minimum absolute atomic E-state index is 0. The molecule has 0 amide bonds. The summed E-state index contributed by atoms with van der Waals surface area (Å²) in [6, 6.07) is 13.9. The predicted molar refractivity (Wildman–Crippen MR) is 57.4 cm³/mol. The molecule has 0 atom stereocenters. The van der Waals surface area contributed by atoms with Crippen molar-refractivity contribution in [2.75, 3.05) is 0 Å². The summed E-state index contributed by atoms with van der Waals surface area (Å²) in [6.07, 6.45) is 0. The molecule has 4 heteroatoms. The first-order valence-corrected chi connectivity index (χ1v) is 4.34. The molecule has 0 saturated carbocycles. The fourth-order valence-corrected chi connectivity index (χ4v) is 1.31. The molecule has 0 fully saturated rings. The van der Waals surface area contributed by atoms with E-state index in [9.17, 15) is 0 Å². The summed E-state index contributed by atoms with van der Waals surface area (Å²) in [6.45, 7) is 0. The fourth-order valence-electron chi connectivity index (χ4n) is 1.31. The molecule has 74 valence electrons. The van der Waals surface area contributed by atoms with Gasteiger partial charge in [-0.25, -0.2) is 0 Å². The molecule has 0 unspecified atom stereocenters. The van der Waals surface area contributed by atoms with E-state index < -0.39 is 0 Å². The molecule has 0 saturated heterocycles. The van der Waals surface area contributed by atoms with E-state index in [1.807, 2.05) is 24.3 Å². The molecule has 2 rings (SSSR count). The molecule has 2 nitrogen and oxygen atoms in total. The normalized spacial score (nSPS) is 8.75. The smallest absolute Gasteiger partial charge is 1.00 e. The number of benzene rings is 2. The largest absolute Gasteiger partial charge is 1.00 e. The average molecular weight is 202 g/mol. The monoisotopic (exact) mass is 202 g/mol. The summed E-state index contributed by atoms with van der Waals surface area (Å²) in [7, 11) is 0. The summed E-state index contributed by atoms with van der Waals surface area (Å²) >= 11 is 0.